The Morgan fingerprint density at radius 2 is 1.93 bits per heavy atom. The number of carbonyl (C=O) groups is 1. The zero-order valence-electron chi connectivity index (χ0n) is 17.7. The molecular formula is C21H26BrN5O2S. The van der Waals surface area contributed by atoms with Gasteiger partial charge in [0.15, 0.2) is 5.01 Å². The van der Waals surface area contributed by atoms with Gasteiger partial charge in [-0.15, -0.1) is 10.2 Å². The van der Waals surface area contributed by atoms with Crippen molar-refractivity contribution in [3.05, 3.63) is 40.0 Å². The third kappa shape index (κ3) is 5.33. The molecule has 2 aromatic heterocycles. The molecule has 160 valence electrons. The maximum Gasteiger partial charge on any atom is 0.327 e. The van der Waals surface area contributed by atoms with Crippen molar-refractivity contribution in [1.82, 2.24) is 24.9 Å². The first kappa shape index (κ1) is 22.6. The third-order valence-electron chi connectivity index (χ3n) is 4.79. The van der Waals surface area contributed by atoms with Crippen LogP contribution in [0, 0.1) is 13.8 Å². The molecule has 30 heavy (non-hydrogen) atoms. The molecule has 7 nitrogen and oxygen atoms in total. The molecular weight excluding hydrogens is 466 g/mol. The van der Waals surface area contributed by atoms with Gasteiger partial charge in [0.1, 0.15) is 23.9 Å². The van der Waals surface area contributed by atoms with Crippen LogP contribution in [0.3, 0.4) is 0 Å². The Hall–Kier alpha value is -2.10. The summed E-state index contributed by atoms with van der Waals surface area (Å²) in [6, 6.07) is 8.15. The van der Waals surface area contributed by atoms with Gasteiger partial charge in [-0.25, -0.2) is 4.68 Å². The molecule has 0 fully saturated rings. The Labute approximate surface area is 189 Å². The summed E-state index contributed by atoms with van der Waals surface area (Å²) < 4.78 is 7.87. The summed E-state index contributed by atoms with van der Waals surface area (Å²) in [4.78, 5) is 14.6. The van der Waals surface area contributed by atoms with Crippen LogP contribution in [-0.2, 0) is 16.1 Å². The highest BCUT2D eigenvalue weighted by molar-refractivity contribution is 9.10. The van der Waals surface area contributed by atoms with Crippen molar-refractivity contribution in [2.24, 2.45) is 0 Å². The van der Waals surface area contributed by atoms with E-state index >= 15 is 0 Å². The molecule has 0 amide bonds. The van der Waals surface area contributed by atoms with Crippen LogP contribution in [-0.4, -0.2) is 57.1 Å². The van der Waals surface area contributed by atoms with Crippen LogP contribution in [0.4, 0.5) is 0 Å². The first-order valence-corrected chi connectivity index (χ1v) is 11.6. The molecule has 3 aromatic rings. The lowest BCUT2D eigenvalue weighted by Crippen LogP contribution is -2.28. The minimum atomic E-state index is -0.318. The topological polar surface area (TPSA) is 73.1 Å². The van der Waals surface area contributed by atoms with Crippen LogP contribution >= 0.6 is 27.3 Å². The molecule has 1 aromatic carbocycles. The van der Waals surface area contributed by atoms with Crippen molar-refractivity contribution >= 4 is 33.2 Å². The average molecular weight is 492 g/mol. The molecule has 0 saturated carbocycles. The highest BCUT2D eigenvalue weighted by Crippen LogP contribution is 2.35. The summed E-state index contributed by atoms with van der Waals surface area (Å²) in [5.41, 5.74) is 3.71. The van der Waals surface area contributed by atoms with E-state index < -0.39 is 0 Å². The number of esters is 1. The Bertz CT molecular complexity index is 1010. The van der Waals surface area contributed by atoms with E-state index in [-0.39, 0.29) is 12.5 Å². The quantitative estimate of drug-likeness (QED) is 0.414. The fourth-order valence-corrected chi connectivity index (χ4v) is 4.59. The molecule has 3 rings (SSSR count). The minimum absolute atomic E-state index is 0.0272. The zero-order valence-corrected chi connectivity index (χ0v) is 20.1. The lowest BCUT2D eigenvalue weighted by atomic mass is 10.1. The fourth-order valence-electron chi connectivity index (χ4n) is 3.09. The number of hydrogen-bond acceptors (Lipinski definition) is 7. The minimum Gasteiger partial charge on any atom is -0.463 e. The lowest BCUT2D eigenvalue weighted by molar-refractivity contribution is -0.144. The van der Waals surface area contributed by atoms with Gasteiger partial charge in [-0.1, -0.05) is 48.9 Å². The van der Waals surface area contributed by atoms with Crippen molar-refractivity contribution in [3.8, 4) is 21.3 Å². The number of halogens is 1. The standard InChI is InChI=1S/C21H26BrN5O2S/c1-5-26(6-2)10-11-29-17(28)13-27-19(18(22)15(4)25-27)21-24-23-20(30-21)16-9-7-8-14(3)12-16/h7-9,12H,5-6,10-11,13H2,1-4H3. The first-order valence-electron chi connectivity index (χ1n) is 9.94. The monoisotopic (exact) mass is 491 g/mol. The van der Waals surface area contributed by atoms with Crippen LogP contribution in [0.2, 0.25) is 0 Å². The molecule has 0 aliphatic rings. The predicted octanol–water partition coefficient (Wildman–Crippen LogP) is 4.33. The average Bonchev–Trinajstić information content (AvgIpc) is 3.30. The van der Waals surface area contributed by atoms with Gasteiger partial charge in [0, 0.05) is 12.1 Å². The zero-order chi connectivity index (χ0) is 21.7. The maximum absolute atomic E-state index is 12.4. The van der Waals surface area contributed by atoms with Crippen LogP contribution in [0.1, 0.15) is 25.1 Å². The van der Waals surface area contributed by atoms with Gasteiger partial charge in [-0.05, 0) is 48.9 Å². The summed E-state index contributed by atoms with van der Waals surface area (Å²) in [7, 11) is 0. The molecule has 0 bridgehead atoms. The fraction of sp³-hybridized carbons (Fsp3) is 0.429. The van der Waals surface area contributed by atoms with Crippen molar-refractivity contribution in [2.45, 2.75) is 34.2 Å². The van der Waals surface area contributed by atoms with Gasteiger partial charge >= 0.3 is 5.97 Å². The van der Waals surface area contributed by atoms with Crippen LogP contribution in [0.5, 0.6) is 0 Å². The molecule has 0 N–H and O–H groups in total. The largest absolute Gasteiger partial charge is 0.463 e. The van der Waals surface area contributed by atoms with Gasteiger partial charge in [-0.2, -0.15) is 5.10 Å². The summed E-state index contributed by atoms with van der Waals surface area (Å²) in [5, 5.41) is 14.7. The van der Waals surface area contributed by atoms with E-state index in [1.807, 2.05) is 32.0 Å². The normalized spacial score (nSPS) is 11.3. The van der Waals surface area contributed by atoms with E-state index in [2.05, 4.69) is 56.0 Å². The molecule has 0 saturated heterocycles. The third-order valence-corrected chi connectivity index (χ3v) is 6.72. The van der Waals surface area contributed by atoms with E-state index in [1.165, 1.54) is 16.9 Å². The number of hydrogen-bond donors (Lipinski definition) is 0. The molecule has 0 unspecified atom stereocenters. The van der Waals surface area contributed by atoms with E-state index in [4.69, 9.17) is 4.74 Å². The van der Waals surface area contributed by atoms with Crippen molar-refractivity contribution in [2.75, 3.05) is 26.2 Å². The SMILES string of the molecule is CCN(CC)CCOC(=O)Cn1nc(C)c(Br)c1-c1nnc(-c2cccc(C)c2)s1. The lowest BCUT2D eigenvalue weighted by Gasteiger charge is -2.17. The number of benzene rings is 1. The maximum atomic E-state index is 12.4. The predicted molar refractivity (Wildman–Crippen MR) is 122 cm³/mol. The number of likely N-dealkylation sites (N-methyl/N-ethyl adjacent to an activating group) is 1. The van der Waals surface area contributed by atoms with E-state index in [0.717, 1.165) is 46.1 Å². The molecule has 0 spiro atoms. The van der Waals surface area contributed by atoms with E-state index in [1.54, 1.807) is 4.68 Å². The highest BCUT2D eigenvalue weighted by Gasteiger charge is 2.21. The van der Waals surface area contributed by atoms with Gasteiger partial charge in [-0.3, -0.25) is 4.79 Å². The van der Waals surface area contributed by atoms with Gasteiger partial charge in [0.25, 0.3) is 0 Å². The Kier molecular flexibility index (Phi) is 7.74. The van der Waals surface area contributed by atoms with Gasteiger partial charge in [0.2, 0.25) is 0 Å². The van der Waals surface area contributed by atoms with Crippen molar-refractivity contribution < 1.29 is 9.53 Å². The summed E-state index contributed by atoms with van der Waals surface area (Å²) in [5.74, 6) is -0.318. The van der Waals surface area contributed by atoms with Crippen LogP contribution in [0.15, 0.2) is 28.7 Å². The smallest absolute Gasteiger partial charge is 0.327 e. The molecule has 0 atom stereocenters. The number of aryl methyl sites for hydroxylation is 2. The number of rotatable bonds is 9. The summed E-state index contributed by atoms with van der Waals surface area (Å²) in [6.07, 6.45) is 0. The molecule has 0 radical (unpaired) electrons. The molecule has 2 heterocycles. The van der Waals surface area contributed by atoms with Crippen LogP contribution in [0.25, 0.3) is 21.3 Å². The molecule has 0 aliphatic carbocycles. The second-order valence-electron chi connectivity index (χ2n) is 6.93. The second kappa shape index (κ2) is 10.3. The van der Waals surface area contributed by atoms with Gasteiger partial charge < -0.3 is 9.64 Å². The van der Waals surface area contributed by atoms with Gasteiger partial charge in [0.05, 0.1) is 10.2 Å². The van der Waals surface area contributed by atoms with E-state index in [9.17, 15) is 4.79 Å². The van der Waals surface area contributed by atoms with Crippen molar-refractivity contribution in [3.63, 3.8) is 0 Å². The van der Waals surface area contributed by atoms with Crippen LogP contribution < -0.4 is 0 Å². The number of carbonyl (C=O) groups excluding carboxylic acids is 1. The highest BCUT2D eigenvalue weighted by atomic mass is 79.9. The van der Waals surface area contributed by atoms with Crippen molar-refractivity contribution in [1.29, 1.82) is 0 Å². The molecule has 0 aliphatic heterocycles. The Morgan fingerprint density at radius 1 is 1.20 bits per heavy atom. The summed E-state index contributed by atoms with van der Waals surface area (Å²) in [6.45, 7) is 11.1. The Balaban J connectivity index is 1.76. The Morgan fingerprint density at radius 3 is 2.63 bits per heavy atom. The molecule has 9 heteroatoms. The number of aromatic nitrogens is 4. The summed E-state index contributed by atoms with van der Waals surface area (Å²) >= 11 is 5.06. The number of nitrogens with zero attached hydrogens (tertiary/aromatic N) is 5. The second-order valence-corrected chi connectivity index (χ2v) is 8.71. The number of ether oxygens (including phenoxy) is 1. The first-order chi connectivity index (χ1) is 14.4. The van der Waals surface area contributed by atoms with E-state index in [0.29, 0.717) is 11.6 Å².